The Balaban J connectivity index is 2.78. The molecule has 2 aromatic rings. The van der Waals surface area contributed by atoms with Gasteiger partial charge in [-0.15, -0.1) is 0 Å². The smallest absolute Gasteiger partial charge is 0.359 e. The number of nitro groups is 1. The summed E-state index contributed by atoms with van der Waals surface area (Å²) in [6.45, 7) is 3.00. The summed E-state index contributed by atoms with van der Waals surface area (Å²) in [5.74, 6) is -2.08. The van der Waals surface area contributed by atoms with Gasteiger partial charge in [0.15, 0.2) is 5.69 Å². The maximum Gasteiger partial charge on any atom is 0.359 e. The summed E-state index contributed by atoms with van der Waals surface area (Å²) in [6.07, 6.45) is 2.15. The van der Waals surface area contributed by atoms with Crippen LogP contribution < -0.4 is 5.56 Å². The molecule has 27 heavy (non-hydrogen) atoms. The highest BCUT2D eigenvalue weighted by molar-refractivity contribution is 9.10. The van der Waals surface area contributed by atoms with Crippen molar-refractivity contribution in [2.75, 3.05) is 13.2 Å². The van der Waals surface area contributed by atoms with E-state index in [0.717, 1.165) is 10.5 Å². The molecule has 2 aromatic heterocycles. The van der Waals surface area contributed by atoms with Crippen LogP contribution in [0, 0.1) is 10.1 Å². The summed E-state index contributed by atoms with van der Waals surface area (Å²) in [5.41, 5.74) is -2.83. The number of esters is 2. The third-order valence-electron chi connectivity index (χ3n) is 3.24. The maximum absolute atomic E-state index is 12.5. The van der Waals surface area contributed by atoms with Gasteiger partial charge in [0.1, 0.15) is 11.2 Å². The minimum atomic E-state index is -1.04. The van der Waals surface area contributed by atoms with E-state index in [4.69, 9.17) is 9.47 Å². The van der Waals surface area contributed by atoms with E-state index in [1.165, 1.54) is 26.1 Å². The van der Waals surface area contributed by atoms with Crippen molar-refractivity contribution in [2.24, 2.45) is 0 Å². The molecule has 0 aliphatic carbocycles. The highest BCUT2D eigenvalue weighted by atomic mass is 79.9. The average molecular weight is 440 g/mol. The number of hydrogen-bond acceptors (Lipinski definition) is 8. The van der Waals surface area contributed by atoms with Gasteiger partial charge in [-0.1, -0.05) is 0 Å². The molecule has 0 unspecified atom stereocenters. The quantitative estimate of drug-likeness (QED) is 0.166. The highest BCUT2D eigenvalue weighted by Crippen LogP contribution is 2.19. The number of halogens is 1. The fourth-order valence-electron chi connectivity index (χ4n) is 2.15. The van der Waals surface area contributed by atoms with Crippen molar-refractivity contribution in [3.05, 3.63) is 54.5 Å². The molecule has 0 bridgehead atoms. The van der Waals surface area contributed by atoms with Crippen molar-refractivity contribution in [1.82, 2.24) is 9.38 Å². The molecule has 0 saturated heterocycles. The first kappa shape index (κ1) is 20.2. The van der Waals surface area contributed by atoms with E-state index in [2.05, 4.69) is 20.9 Å². The Bertz CT molecular complexity index is 993. The average Bonchev–Trinajstić information content (AvgIpc) is 2.60. The lowest BCUT2D eigenvalue weighted by Gasteiger charge is -2.07. The number of nitrogens with zero attached hydrogens (tertiary/aromatic N) is 3. The Morgan fingerprint density at radius 1 is 1.26 bits per heavy atom. The predicted octanol–water partition coefficient (Wildman–Crippen LogP) is 1.87. The molecule has 11 heteroatoms. The molecule has 2 heterocycles. The summed E-state index contributed by atoms with van der Waals surface area (Å²) in [7, 11) is 0. The molecule has 0 radical (unpaired) electrons. The molecular formula is C16H14BrN3O7. The zero-order valence-electron chi connectivity index (χ0n) is 14.3. The van der Waals surface area contributed by atoms with Crippen LogP contribution in [0.15, 0.2) is 33.2 Å². The van der Waals surface area contributed by atoms with E-state index in [-0.39, 0.29) is 18.9 Å². The third kappa shape index (κ3) is 4.37. The zero-order valence-corrected chi connectivity index (χ0v) is 15.9. The molecule has 0 aliphatic rings. The van der Waals surface area contributed by atoms with Crippen LogP contribution >= 0.6 is 15.9 Å². The summed E-state index contributed by atoms with van der Waals surface area (Å²) >= 11 is 3.17. The Hall–Kier alpha value is -3.08. The van der Waals surface area contributed by atoms with Gasteiger partial charge in [-0.25, -0.2) is 14.6 Å². The lowest BCUT2D eigenvalue weighted by Crippen LogP contribution is -2.22. The normalized spacial score (nSPS) is 10.3. The van der Waals surface area contributed by atoms with Crippen LogP contribution in [-0.2, 0) is 19.1 Å². The molecule has 0 atom stereocenters. The lowest BCUT2D eigenvalue weighted by molar-refractivity contribution is -0.386. The molecular weight excluding hydrogens is 426 g/mol. The SMILES string of the molecule is CCOC(=O)C(=Cc1nc2ccc(Br)cn2c(=O)c1[N+](=O)[O-])C(=O)OCC. The number of carbonyl (C=O) groups excluding carboxylic acids is 2. The Kier molecular flexibility index (Phi) is 6.40. The molecule has 0 N–H and O–H groups in total. The van der Waals surface area contributed by atoms with E-state index < -0.39 is 39.4 Å². The number of carbonyl (C=O) groups is 2. The number of hydrogen-bond donors (Lipinski definition) is 0. The monoisotopic (exact) mass is 439 g/mol. The molecule has 0 spiro atoms. The third-order valence-corrected chi connectivity index (χ3v) is 3.71. The number of fused-ring (bicyclic) bond motifs is 1. The van der Waals surface area contributed by atoms with Gasteiger partial charge >= 0.3 is 23.2 Å². The van der Waals surface area contributed by atoms with Crippen LogP contribution in [0.5, 0.6) is 0 Å². The van der Waals surface area contributed by atoms with Crippen molar-refractivity contribution >= 4 is 45.3 Å². The van der Waals surface area contributed by atoms with Crippen molar-refractivity contribution in [1.29, 1.82) is 0 Å². The fraction of sp³-hybridized carbons (Fsp3) is 0.250. The second kappa shape index (κ2) is 8.54. The summed E-state index contributed by atoms with van der Waals surface area (Å²) in [5, 5.41) is 11.4. The van der Waals surface area contributed by atoms with Crippen molar-refractivity contribution in [3.8, 4) is 0 Å². The van der Waals surface area contributed by atoms with Crippen molar-refractivity contribution in [2.45, 2.75) is 13.8 Å². The number of rotatable bonds is 6. The molecule has 0 aromatic carbocycles. The largest absolute Gasteiger partial charge is 0.462 e. The van der Waals surface area contributed by atoms with Gasteiger partial charge < -0.3 is 9.47 Å². The van der Waals surface area contributed by atoms with Gasteiger partial charge in [0.05, 0.1) is 18.1 Å². The number of ether oxygens (including phenoxy) is 2. The Morgan fingerprint density at radius 2 is 1.85 bits per heavy atom. The van der Waals surface area contributed by atoms with E-state index in [0.29, 0.717) is 4.47 Å². The van der Waals surface area contributed by atoms with Crippen LogP contribution in [0.4, 0.5) is 5.69 Å². The van der Waals surface area contributed by atoms with Crippen LogP contribution in [0.1, 0.15) is 19.5 Å². The molecule has 0 aliphatic heterocycles. The first-order valence-electron chi connectivity index (χ1n) is 7.72. The number of aromatic nitrogens is 2. The van der Waals surface area contributed by atoms with E-state index in [1.54, 1.807) is 6.07 Å². The molecule has 142 valence electrons. The van der Waals surface area contributed by atoms with E-state index in [1.807, 2.05) is 0 Å². The minimum absolute atomic E-state index is 0.0283. The number of pyridine rings is 1. The summed E-state index contributed by atoms with van der Waals surface area (Å²) in [4.78, 5) is 51.2. The zero-order chi connectivity index (χ0) is 20.1. The maximum atomic E-state index is 12.5. The Morgan fingerprint density at radius 3 is 2.37 bits per heavy atom. The lowest BCUT2D eigenvalue weighted by atomic mass is 10.2. The van der Waals surface area contributed by atoms with Gasteiger partial charge in [-0.3, -0.25) is 19.3 Å². The molecule has 0 amide bonds. The minimum Gasteiger partial charge on any atom is -0.462 e. The van der Waals surface area contributed by atoms with E-state index in [9.17, 15) is 24.5 Å². The van der Waals surface area contributed by atoms with Crippen LogP contribution in [0.2, 0.25) is 0 Å². The van der Waals surface area contributed by atoms with Gasteiger partial charge in [0.25, 0.3) is 0 Å². The first-order chi connectivity index (χ1) is 12.8. The van der Waals surface area contributed by atoms with E-state index >= 15 is 0 Å². The second-order valence-electron chi connectivity index (χ2n) is 4.98. The van der Waals surface area contributed by atoms with Gasteiger partial charge in [0, 0.05) is 10.7 Å². The predicted molar refractivity (Wildman–Crippen MR) is 97.1 cm³/mol. The highest BCUT2D eigenvalue weighted by Gasteiger charge is 2.27. The van der Waals surface area contributed by atoms with Crippen LogP contribution in [0.3, 0.4) is 0 Å². The van der Waals surface area contributed by atoms with Gasteiger partial charge in [0.2, 0.25) is 0 Å². The summed E-state index contributed by atoms with van der Waals surface area (Å²) < 4.78 is 11.1. The van der Waals surface area contributed by atoms with Crippen LogP contribution in [-0.4, -0.2) is 39.5 Å². The standard InChI is InChI=1S/C16H14BrN3O7/c1-3-26-15(22)10(16(23)27-4-2)7-11-13(20(24)25)14(21)19-8-9(17)5-6-12(19)18-11/h5-8H,3-4H2,1-2H3. The van der Waals surface area contributed by atoms with Gasteiger partial charge in [-0.05, 0) is 48.0 Å². The summed E-state index contributed by atoms with van der Waals surface area (Å²) in [6, 6.07) is 3.03. The fourth-order valence-corrected chi connectivity index (χ4v) is 2.49. The van der Waals surface area contributed by atoms with Crippen molar-refractivity contribution in [3.63, 3.8) is 0 Å². The van der Waals surface area contributed by atoms with Crippen LogP contribution in [0.25, 0.3) is 11.7 Å². The molecule has 0 saturated carbocycles. The molecule has 0 fully saturated rings. The second-order valence-corrected chi connectivity index (χ2v) is 5.90. The topological polar surface area (TPSA) is 130 Å². The van der Waals surface area contributed by atoms with Gasteiger partial charge in [-0.2, -0.15) is 0 Å². The molecule has 2 rings (SSSR count). The molecule has 10 nitrogen and oxygen atoms in total. The first-order valence-corrected chi connectivity index (χ1v) is 8.51. The Labute approximate surface area is 160 Å². The van der Waals surface area contributed by atoms with Crippen molar-refractivity contribution < 1.29 is 24.0 Å².